The summed E-state index contributed by atoms with van der Waals surface area (Å²) in [4.78, 5) is 23.0. The summed E-state index contributed by atoms with van der Waals surface area (Å²) < 4.78 is 0. The second-order valence-electron chi connectivity index (χ2n) is 4.52. The molecule has 0 aliphatic rings. The third-order valence-electron chi connectivity index (χ3n) is 3.20. The lowest BCUT2D eigenvalue weighted by Gasteiger charge is -2.07. The molecule has 0 unspecified atom stereocenters. The third kappa shape index (κ3) is 1.81. The number of fused-ring (bicyclic) bond motifs is 1. The molecule has 4 heteroatoms. The van der Waals surface area contributed by atoms with Crippen molar-refractivity contribution >= 4 is 17.3 Å². The third-order valence-corrected chi connectivity index (χ3v) is 3.20. The van der Waals surface area contributed by atoms with E-state index in [-0.39, 0.29) is 0 Å². The average molecular weight is 251 g/mol. The number of hydrogen-bond donors (Lipinski definition) is 1. The number of carbonyl (C=O) groups is 1. The Hall–Kier alpha value is -2.49. The van der Waals surface area contributed by atoms with E-state index in [9.17, 15) is 4.79 Å². The van der Waals surface area contributed by atoms with Gasteiger partial charge in [0.25, 0.3) is 0 Å². The van der Waals surface area contributed by atoms with Crippen LogP contribution in [0, 0.1) is 13.8 Å². The maximum atomic E-state index is 11.2. The number of rotatable bonds is 2. The van der Waals surface area contributed by atoms with Gasteiger partial charge >= 0.3 is 0 Å². The Morgan fingerprint density at radius 1 is 1.16 bits per heavy atom. The first-order valence-electron chi connectivity index (χ1n) is 6.07. The number of hydrogen-bond acceptors (Lipinski definition) is 3. The van der Waals surface area contributed by atoms with E-state index in [2.05, 4.69) is 15.0 Å². The SMILES string of the molecule is Cc1nc(-c2ccccc2C)c2c(C=O)c[nH]c2n1. The summed E-state index contributed by atoms with van der Waals surface area (Å²) in [6, 6.07) is 8.00. The van der Waals surface area contributed by atoms with E-state index >= 15 is 0 Å². The van der Waals surface area contributed by atoms with Gasteiger partial charge in [-0.2, -0.15) is 0 Å². The molecule has 94 valence electrons. The zero-order valence-electron chi connectivity index (χ0n) is 10.8. The number of aromatic nitrogens is 3. The minimum absolute atomic E-state index is 0.591. The number of aromatic amines is 1. The van der Waals surface area contributed by atoms with Crippen LogP contribution in [0.4, 0.5) is 0 Å². The monoisotopic (exact) mass is 251 g/mol. The lowest BCUT2D eigenvalue weighted by molar-refractivity contribution is 0.112. The average Bonchev–Trinajstić information content (AvgIpc) is 2.81. The number of aldehydes is 1. The van der Waals surface area contributed by atoms with Crippen LogP contribution in [0.15, 0.2) is 30.5 Å². The molecule has 0 amide bonds. The summed E-state index contributed by atoms with van der Waals surface area (Å²) in [6.07, 6.45) is 2.51. The number of aryl methyl sites for hydroxylation is 2. The molecule has 19 heavy (non-hydrogen) atoms. The molecule has 0 bridgehead atoms. The smallest absolute Gasteiger partial charge is 0.152 e. The van der Waals surface area contributed by atoms with Crippen molar-refractivity contribution in [3.05, 3.63) is 47.4 Å². The van der Waals surface area contributed by atoms with Crippen molar-refractivity contribution in [1.29, 1.82) is 0 Å². The van der Waals surface area contributed by atoms with Crippen molar-refractivity contribution in [1.82, 2.24) is 15.0 Å². The Morgan fingerprint density at radius 3 is 2.68 bits per heavy atom. The minimum atomic E-state index is 0.591. The van der Waals surface area contributed by atoms with E-state index in [1.807, 2.05) is 38.1 Å². The first-order valence-corrected chi connectivity index (χ1v) is 6.07. The molecule has 1 aromatic carbocycles. The second-order valence-corrected chi connectivity index (χ2v) is 4.52. The van der Waals surface area contributed by atoms with Gasteiger partial charge in [-0.05, 0) is 19.4 Å². The van der Waals surface area contributed by atoms with Gasteiger partial charge in [0.05, 0.1) is 11.1 Å². The molecule has 0 fully saturated rings. The van der Waals surface area contributed by atoms with Gasteiger partial charge in [0, 0.05) is 17.3 Å². The van der Waals surface area contributed by atoms with Crippen LogP contribution in [-0.2, 0) is 0 Å². The lowest BCUT2D eigenvalue weighted by Crippen LogP contribution is -1.95. The maximum absolute atomic E-state index is 11.2. The molecule has 3 rings (SSSR count). The molecular weight excluding hydrogens is 238 g/mol. The van der Waals surface area contributed by atoms with E-state index in [1.165, 1.54) is 0 Å². The fourth-order valence-electron chi connectivity index (χ4n) is 2.30. The van der Waals surface area contributed by atoms with Gasteiger partial charge in [0.2, 0.25) is 0 Å². The van der Waals surface area contributed by atoms with E-state index in [0.717, 1.165) is 28.5 Å². The van der Waals surface area contributed by atoms with Gasteiger partial charge in [-0.15, -0.1) is 0 Å². The first kappa shape index (κ1) is 11.6. The van der Waals surface area contributed by atoms with E-state index in [1.54, 1.807) is 6.20 Å². The first-order chi connectivity index (χ1) is 9.20. The maximum Gasteiger partial charge on any atom is 0.152 e. The largest absolute Gasteiger partial charge is 0.345 e. The molecule has 0 aliphatic carbocycles. The molecule has 0 saturated heterocycles. The van der Waals surface area contributed by atoms with Gasteiger partial charge in [0.1, 0.15) is 11.5 Å². The molecule has 0 aliphatic heterocycles. The topological polar surface area (TPSA) is 58.6 Å². The zero-order valence-corrected chi connectivity index (χ0v) is 10.8. The van der Waals surface area contributed by atoms with Crippen LogP contribution in [0.3, 0.4) is 0 Å². The van der Waals surface area contributed by atoms with Crippen LogP contribution in [0.5, 0.6) is 0 Å². The molecule has 0 atom stereocenters. The quantitative estimate of drug-likeness (QED) is 0.712. The Kier molecular flexibility index (Phi) is 2.63. The number of H-pyrrole nitrogens is 1. The number of carbonyl (C=O) groups excluding carboxylic acids is 1. The van der Waals surface area contributed by atoms with Crippen molar-refractivity contribution in [2.24, 2.45) is 0 Å². The summed E-state index contributed by atoms with van der Waals surface area (Å²) in [6.45, 7) is 3.88. The Bertz CT molecular complexity index is 774. The molecule has 1 N–H and O–H groups in total. The summed E-state index contributed by atoms with van der Waals surface area (Å²) >= 11 is 0. The Morgan fingerprint density at radius 2 is 1.95 bits per heavy atom. The van der Waals surface area contributed by atoms with E-state index in [0.29, 0.717) is 17.0 Å². The van der Waals surface area contributed by atoms with Crippen LogP contribution in [0.25, 0.3) is 22.3 Å². The van der Waals surface area contributed by atoms with Crippen molar-refractivity contribution < 1.29 is 4.79 Å². The minimum Gasteiger partial charge on any atom is -0.345 e. The number of nitrogens with one attached hydrogen (secondary N) is 1. The highest BCUT2D eigenvalue weighted by atomic mass is 16.1. The predicted octanol–water partition coefficient (Wildman–Crippen LogP) is 3.05. The van der Waals surface area contributed by atoms with Gasteiger partial charge in [-0.1, -0.05) is 24.3 Å². The van der Waals surface area contributed by atoms with Crippen LogP contribution in [0.2, 0.25) is 0 Å². The van der Waals surface area contributed by atoms with Crippen molar-refractivity contribution in [3.63, 3.8) is 0 Å². The van der Waals surface area contributed by atoms with Crippen LogP contribution in [-0.4, -0.2) is 21.2 Å². The molecule has 0 spiro atoms. The van der Waals surface area contributed by atoms with E-state index in [4.69, 9.17) is 0 Å². The molecule has 2 aromatic heterocycles. The molecule has 0 saturated carbocycles. The van der Waals surface area contributed by atoms with Crippen molar-refractivity contribution in [2.45, 2.75) is 13.8 Å². The highest BCUT2D eigenvalue weighted by Gasteiger charge is 2.14. The van der Waals surface area contributed by atoms with Crippen molar-refractivity contribution in [3.8, 4) is 11.3 Å². The second kappa shape index (κ2) is 4.31. The summed E-state index contributed by atoms with van der Waals surface area (Å²) in [5.41, 5.74) is 4.26. The Balaban J connectivity index is 2.42. The Labute approximate surface area is 110 Å². The molecule has 0 radical (unpaired) electrons. The van der Waals surface area contributed by atoms with Crippen LogP contribution < -0.4 is 0 Å². The van der Waals surface area contributed by atoms with Gasteiger partial charge < -0.3 is 4.98 Å². The molecule has 3 aromatic rings. The highest BCUT2D eigenvalue weighted by Crippen LogP contribution is 2.29. The van der Waals surface area contributed by atoms with Crippen LogP contribution in [0.1, 0.15) is 21.7 Å². The van der Waals surface area contributed by atoms with E-state index < -0.39 is 0 Å². The summed E-state index contributed by atoms with van der Waals surface area (Å²) in [7, 11) is 0. The van der Waals surface area contributed by atoms with Crippen LogP contribution >= 0.6 is 0 Å². The fraction of sp³-hybridized carbons (Fsp3) is 0.133. The molecule has 4 nitrogen and oxygen atoms in total. The summed E-state index contributed by atoms with van der Waals surface area (Å²) in [5.74, 6) is 0.685. The van der Waals surface area contributed by atoms with Gasteiger partial charge in [-0.25, -0.2) is 9.97 Å². The van der Waals surface area contributed by atoms with Gasteiger partial charge in [-0.3, -0.25) is 4.79 Å². The normalized spacial score (nSPS) is 10.8. The standard InChI is InChI=1S/C15H13N3O/c1-9-5-3-4-6-12(9)14-13-11(8-19)7-16-15(13)18-10(2)17-14/h3-8H,1-2H3,(H,16,17,18). The predicted molar refractivity (Wildman–Crippen MR) is 74.2 cm³/mol. The van der Waals surface area contributed by atoms with Crippen molar-refractivity contribution in [2.75, 3.05) is 0 Å². The number of nitrogens with zero attached hydrogens (tertiary/aromatic N) is 2. The zero-order chi connectivity index (χ0) is 13.4. The fourth-order valence-corrected chi connectivity index (χ4v) is 2.30. The summed E-state index contributed by atoms with van der Waals surface area (Å²) in [5, 5.41) is 0.787. The molecule has 2 heterocycles. The molecular formula is C15H13N3O. The highest BCUT2D eigenvalue weighted by molar-refractivity contribution is 6.03. The van der Waals surface area contributed by atoms with Gasteiger partial charge in [0.15, 0.2) is 6.29 Å². The number of benzene rings is 1. The lowest BCUT2D eigenvalue weighted by atomic mass is 10.0.